The molecule has 0 atom stereocenters. The number of rotatable bonds is 4. The Morgan fingerprint density at radius 1 is 1.10 bits per heavy atom. The Morgan fingerprint density at radius 3 is 2.24 bits per heavy atom. The molecule has 0 unspecified atom stereocenters. The molecule has 3 rings (SSSR count). The molecule has 2 aromatic rings. The van der Waals surface area contributed by atoms with Crippen molar-refractivity contribution in [2.24, 2.45) is 0 Å². The Labute approximate surface area is 172 Å². The van der Waals surface area contributed by atoms with Crippen LogP contribution in [0.5, 0.6) is 0 Å². The molecule has 0 spiro atoms. The van der Waals surface area contributed by atoms with Gasteiger partial charge >= 0.3 is 6.18 Å². The molecule has 29 heavy (non-hydrogen) atoms. The zero-order valence-electron chi connectivity index (χ0n) is 14.8. The van der Waals surface area contributed by atoms with Gasteiger partial charge in [-0.05, 0) is 30.3 Å². The third-order valence-corrected chi connectivity index (χ3v) is 5.34. The second-order valence-electron chi connectivity index (χ2n) is 6.21. The number of halogens is 6. The minimum atomic E-state index is -4.52. The second-order valence-corrected chi connectivity index (χ2v) is 7.68. The smallest absolute Gasteiger partial charge is 0.352 e. The monoisotopic (exact) mass is 451 g/mol. The first-order valence-corrected chi connectivity index (χ1v) is 9.73. The molecule has 1 saturated heterocycles. The standard InChI is InChI=1S/C18H15ClF5N3OS/c19-14-9-12(18(22,23)24)10-25-15(14)26-5-7-27(8-6-26)16(28)11-1-3-13(4-2-11)29-17(20)21/h1-4,9-10,17H,5-8H2. The fraction of sp³-hybridized carbons (Fsp3) is 0.333. The maximum Gasteiger partial charge on any atom is 0.417 e. The highest BCUT2D eigenvalue weighted by atomic mass is 35.5. The van der Waals surface area contributed by atoms with E-state index < -0.39 is 17.5 Å². The first-order valence-electron chi connectivity index (χ1n) is 8.47. The van der Waals surface area contributed by atoms with Crippen LogP contribution in [0, 0.1) is 0 Å². The summed E-state index contributed by atoms with van der Waals surface area (Å²) in [5, 5.41) is -0.105. The quantitative estimate of drug-likeness (QED) is 0.482. The number of amides is 1. The lowest BCUT2D eigenvalue weighted by Gasteiger charge is -2.35. The first kappa shape index (κ1) is 21.6. The number of hydrogen-bond donors (Lipinski definition) is 0. The zero-order chi connectivity index (χ0) is 21.2. The molecule has 1 aliphatic rings. The summed E-state index contributed by atoms with van der Waals surface area (Å²) in [6.07, 6.45) is -3.79. The molecule has 0 saturated carbocycles. The maximum absolute atomic E-state index is 12.7. The van der Waals surface area contributed by atoms with Crippen molar-refractivity contribution in [2.75, 3.05) is 31.1 Å². The van der Waals surface area contributed by atoms with Crippen molar-refractivity contribution in [1.29, 1.82) is 0 Å². The number of piperazine rings is 1. The van der Waals surface area contributed by atoms with Gasteiger partial charge in [-0.1, -0.05) is 23.4 Å². The average molecular weight is 452 g/mol. The topological polar surface area (TPSA) is 36.4 Å². The van der Waals surface area contributed by atoms with Crippen LogP contribution in [-0.4, -0.2) is 47.7 Å². The SMILES string of the molecule is O=C(c1ccc(SC(F)F)cc1)N1CCN(c2ncc(C(F)(F)F)cc2Cl)CC1. The molecule has 2 heterocycles. The Kier molecular flexibility index (Phi) is 6.52. The third kappa shape index (κ3) is 5.30. The number of nitrogens with zero attached hydrogens (tertiary/aromatic N) is 3. The van der Waals surface area contributed by atoms with Crippen LogP contribution < -0.4 is 4.90 Å². The zero-order valence-corrected chi connectivity index (χ0v) is 16.4. The average Bonchev–Trinajstić information content (AvgIpc) is 2.67. The molecule has 1 amide bonds. The minimum Gasteiger partial charge on any atom is -0.352 e. The van der Waals surface area contributed by atoms with Crippen LogP contribution in [0.2, 0.25) is 5.02 Å². The highest BCUT2D eigenvalue weighted by Gasteiger charge is 2.32. The van der Waals surface area contributed by atoms with E-state index in [4.69, 9.17) is 11.6 Å². The molecule has 1 fully saturated rings. The summed E-state index contributed by atoms with van der Waals surface area (Å²) in [5.74, 6) is -2.54. The fourth-order valence-electron chi connectivity index (χ4n) is 2.90. The summed E-state index contributed by atoms with van der Waals surface area (Å²) in [6.45, 7) is 1.35. The second kappa shape index (κ2) is 8.74. The molecule has 0 N–H and O–H groups in total. The number of thioether (sulfide) groups is 1. The molecule has 1 aliphatic heterocycles. The Balaban J connectivity index is 1.62. The van der Waals surface area contributed by atoms with Crippen molar-refractivity contribution in [3.8, 4) is 0 Å². The van der Waals surface area contributed by atoms with Gasteiger partial charge in [-0.2, -0.15) is 22.0 Å². The summed E-state index contributed by atoms with van der Waals surface area (Å²) in [5.41, 5.74) is -0.545. The van der Waals surface area contributed by atoms with E-state index >= 15 is 0 Å². The summed E-state index contributed by atoms with van der Waals surface area (Å²) in [6, 6.07) is 6.75. The first-order chi connectivity index (χ1) is 13.6. The van der Waals surface area contributed by atoms with Crippen LogP contribution in [0.1, 0.15) is 15.9 Å². The number of pyridine rings is 1. The van der Waals surface area contributed by atoms with Crippen LogP contribution in [0.3, 0.4) is 0 Å². The van der Waals surface area contributed by atoms with Gasteiger partial charge in [-0.3, -0.25) is 4.79 Å². The van der Waals surface area contributed by atoms with Gasteiger partial charge in [-0.25, -0.2) is 4.98 Å². The van der Waals surface area contributed by atoms with Crippen molar-refractivity contribution >= 4 is 35.1 Å². The summed E-state index contributed by atoms with van der Waals surface area (Å²) in [4.78, 5) is 20.1. The largest absolute Gasteiger partial charge is 0.417 e. The minimum absolute atomic E-state index is 0.105. The van der Waals surface area contributed by atoms with Crippen LogP contribution in [0.4, 0.5) is 27.8 Å². The summed E-state index contributed by atoms with van der Waals surface area (Å²) < 4.78 is 62.9. The van der Waals surface area contributed by atoms with E-state index in [-0.39, 0.29) is 16.7 Å². The summed E-state index contributed by atoms with van der Waals surface area (Å²) >= 11 is 6.38. The van der Waals surface area contributed by atoms with Gasteiger partial charge in [0.1, 0.15) is 5.82 Å². The van der Waals surface area contributed by atoms with Gasteiger partial charge in [0.2, 0.25) is 0 Å². The molecule has 1 aromatic carbocycles. The lowest BCUT2D eigenvalue weighted by Crippen LogP contribution is -2.49. The molecule has 0 radical (unpaired) electrons. The molecule has 0 bridgehead atoms. The normalized spacial score (nSPS) is 15.1. The van der Waals surface area contributed by atoms with Crippen molar-refractivity contribution in [3.63, 3.8) is 0 Å². The van der Waals surface area contributed by atoms with E-state index in [1.165, 1.54) is 24.3 Å². The van der Waals surface area contributed by atoms with Crippen LogP contribution in [0.25, 0.3) is 0 Å². The highest BCUT2D eigenvalue weighted by molar-refractivity contribution is 7.99. The molecule has 1 aromatic heterocycles. The number of benzene rings is 1. The highest BCUT2D eigenvalue weighted by Crippen LogP contribution is 2.34. The number of carbonyl (C=O) groups excluding carboxylic acids is 1. The third-order valence-electron chi connectivity index (χ3n) is 4.34. The van der Waals surface area contributed by atoms with Gasteiger partial charge in [0.05, 0.1) is 10.6 Å². The van der Waals surface area contributed by atoms with Crippen molar-refractivity contribution in [3.05, 3.63) is 52.7 Å². The van der Waals surface area contributed by atoms with Gasteiger partial charge in [0.25, 0.3) is 11.7 Å². The number of aromatic nitrogens is 1. The van der Waals surface area contributed by atoms with E-state index in [9.17, 15) is 26.7 Å². The molecule has 156 valence electrons. The molecule has 4 nitrogen and oxygen atoms in total. The predicted molar refractivity (Wildman–Crippen MR) is 101 cm³/mol. The maximum atomic E-state index is 12.7. The lowest BCUT2D eigenvalue weighted by atomic mass is 10.2. The molecule has 11 heteroatoms. The molecule has 0 aliphatic carbocycles. The van der Waals surface area contributed by atoms with Crippen LogP contribution in [0.15, 0.2) is 41.4 Å². The van der Waals surface area contributed by atoms with E-state index in [2.05, 4.69) is 4.98 Å². The molecular weight excluding hydrogens is 437 g/mol. The van der Waals surface area contributed by atoms with Gasteiger partial charge in [0, 0.05) is 42.8 Å². The van der Waals surface area contributed by atoms with Gasteiger partial charge < -0.3 is 9.80 Å². The Morgan fingerprint density at radius 2 is 1.72 bits per heavy atom. The number of hydrogen-bond acceptors (Lipinski definition) is 4. The van der Waals surface area contributed by atoms with Crippen molar-refractivity contribution in [2.45, 2.75) is 16.8 Å². The number of alkyl halides is 5. The molecular formula is C18H15ClF5N3OS. The lowest BCUT2D eigenvalue weighted by molar-refractivity contribution is -0.137. The van der Waals surface area contributed by atoms with E-state index in [0.717, 1.165) is 12.3 Å². The predicted octanol–water partition coefficient (Wildman–Crippen LogP) is 5.03. The van der Waals surface area contributed by atoms with Gasteiger partial charge in [-0.15, -0.1) is 0 Å². The van der Waals surface area contributed by atoms with Crippen LogP contribution >= 0.6 is 23.4 Å². The Hall–Kier alpha value is -2.07. The van der Waals surface area contributed by atoms with E-state index in [1.54, 1.807) is 9.80 Å². The fourth-order valence-corrected chi connectivity index (χ4v) is 3.69. The van der Waals surface area contributed by atoms with Crippen molar-refractivity contribution < 1.29 is 26.7 Å². The van der Waals surface area contributed by atoms with E-state index in [0.29, 0.717) is 48.4 Å². The van der Waals surface area contributed by atoms with Crippen molar-refractivity contribution in [1.82, 2.24) is 9.88 Å². The Bertz CT molecular complexity index is 871. The van der Waals surface area contributed by atoms with E-state index in [1.807, 2.05) is 0 Å². The van der Waals surface area contributed by atoms with Crippen LogP contribution in [-0.2, 0) is 6.18 Å². The number of anilines is 1. The van der Waals surface area contributed by atoms with Gasteiger partial charge in [0.15, 0.2) is 0 Å². The number of carbonyl (C=O) groups is 1. The summed E-state index contributed by atoms with van der Waals surface area (Å²) in [7, 11) is 0.